The molecule has 0 radical (unpaired) electrons. The number of hydrogen-bond acceptors (Lipinski definition) is 6. The van der Waals surface area contributed by atoms with E-state index in [1.807, 2.05) is 31.2 Å². The van der Waals surface area contributed by atoms with Gasteiger partial charge in [0.05, 0.1) is 19.6 Å². The van der Waals surface area contributed by atoms with Crippen molar-refractivity contribution >= 4 is 29.3 Å². The molecule has 2 amide bonds. The molecule has 176 valence electrons. The largest absolute Gasteiger partial charge is 0.513 e. The summed E-state index contributed by atoms with van der Waals surface area (Å²) >= 11 is 0. The van der Waals surface area contributed by atoms with Crippen LogP contribution >= 0.6 is 0 Å². The van der Waals surface area contributed by atoms with Gasteiger partial charge in [-0.2, -0.15) is 0 Å². The van der Waals surface area contributed by atoms with Crippen molar-refractivity contribution in [2.45, 2.75) is 20.3 Å². The second kappa shape index (κ2) is 12.1. The minimum atomic E-state index is -0.805. The molecule has 0 bridgehead atoms. The van der Waals surface area contributed by atoms with Crippen LogP contribution in [-0.4, -0.2) is 31.2 Å². The Bertz CT molecular complexity index is 1130. The molecule has 0 saturated carbocycles. The first kappa shape index (κ1) is 24.3. The Labute approximate surface area is 197 Å². The summed E-state index contributed by atoms with van der Waals surface area (Å²) in [5.74, 6) is 0.508. The van der Waals surface area contributed by atoms with E-state index in [4.69, 9.17) is 14.2 Å². The average Bonchev–Trinajstić information content (AvgIpc) is 2.81. The number of carbonyl (C=O) groups excluding carboxylic acids is 3. The molecule has 3 aromatic carbocycles. The monoisotopic (exact) mass is 462 g/mol. The number of carbonyl (C=O) groups is 3. The number of benzene rings is 3. The van der Waals surface area contributed by atoms with E-state index in [2.05, 4.69) is 10.6 Å². The van der Waals surface area contributed by atoms with Crippen molar-refractivity contribution in [1.29, 1.82) is 0 Å². The van der Waals surface area contributed by atoms with Gasteiger partial charge in [0.2, 0.25) is 5.91 Å². The van der Waals surface area contributed by atoms with Gasteiger partial charge in [-0.25, -0.2) is 4.79 Å². The van der Waals surface area contributed by atoms with Gasteiger partial charge in [-0.1, -0.05) is 18.2 Å². The van der Waals surface area contributed by atoms with Gasteiger partial charge in [0.25, 0.3) is 5.91 Å². The summed E-state index contributed by atoms with van der Waals surface area (Å²) in [5.41, 5.74) is 2.32. The quantitative estimate of drug-likeness (QED) is 0.341. The van der Waals surface area contributed by atoms with Crippen molar-refractivity contribution in [3.05, 3.63) is 83.9 Å². The molecule has 34 heavy (non-hydrogen) atoms. The molecule has 0 unspecified atom stereocenters. The first-order chi connectivity index (χ1) is 16.5. The minimum Gasteiger partial charge on any atom is -0.494 e. The second-order valence-electron chi connectivity index (χ2n) is 7.15. The summed E-state index contributed by atoms with van der Waals surface area (Å²) in [6.07, 6.45) is -0.593. The number of ether oxygens (including phenoxy) is 3. The standard InChI is InChI=1S/C26H26N2O6/c1-3-32-22-12-8-18(9-13-22)16-24(29)27-20-6-5-7-21(17-20)28-25(30)19-10-14-23(15-11-19)34-26(31)33-4-2/h5-15,17H,3-4,16H2,1-2H3,(H,27,29)(H,28,30). The molecular formula is C26H26N2O6. The molecule has 8 nitrogen and oxygen atoms in total. The van der Waals surface area contributed by atoms with Crippen LogP contribution in [0.5, 0.6) is 11.5 Å². The number of anilines is 2. The Kier molecular flexibility index (Phi) is 8.62. The Balaban J connectivity index is 1.55. The van der Waals surface area contributed by atoms with Gasteiger partial charge in [0.1, 0.15) is 11.5 Å². The lowest BCUT2D eigenvalue weighted by Gasteiger charge is -2.10. The van der Waals surface area contributed by atoms with Crippen molar-refractivity contribution in [2.75, 3.05) is 23.8 Å². The van der Waals surface area contributed by atoms with Crippen LogP contribution in [-0.2, 0) is 16.0 Å². The molecule has 3 rings (SSSR count). The molecule has 2 N–H and O–H groups in total. The number of hydrogen-bond donors (Lipinski definition) is 2. The van der Waals surface area contributed by atoms with E-state index in [0.717, 1.165) is 11.3 Å². The second-order valence-corrected chi connectivity index (χ2v) is 7.15. The van der Waals surface area contributed by atoms with E-state index in [1.165, 1.54) is 24.3 Å². The molecule has 0 heterocycles. The lowest BCUT2D eigenvalue weighted by molar-refractivity contribution is -0.115. The molecule has 8 heteroatoms. The van der Waals surface area contributed by atoms with Gasteiger partial charge in [-0.3, -0.25) is 9.59 Å². The molecular weight excluding hydrogens is 436 g/mol. The van der Waals surface area contributed by atoms with Crippen molar-refractivity contribution < 1.29 is 28.6 Å². The molecule has 0 atom stereocenters. The number of nitrogens with one attached hydrogen (secondary N) is 2. The Morgan fingerprint density at radius 2 is 1.41 bits per heavy atom. The minimum absolute atomic E-state index is 0.176. The maximum absolute atomic E-state index is 12.6. The van der Waals surface area contributed by atoms with Gasteiger partial charge in [0.15, 0.2) is 0 Å². The third-order valence-electron chi connectivity index (χ3n) is 4.58. The average molecular weight is 463 g/mol. The third kappa shape index (κ3) is 7.37. The van der Waals surface area contributed by atoms with Crippen LogP contribution in [0.1, 0.15) is 29.8 Å². The fraction of sp³-hybridized carbons (Fsp3) is 0.192. The van der Waals surface area contributed by atoms with Crippen LogP contribution in [0, 0.1) is 0 Å². The molecule has 0 saturated heterocycles. The predicted molar refractivity (Wildman–Crippen MR) is 128 cm³/mol. The highest BCUT2D eigenvalue weighted by atomic mass is 16.7. The van der Waals surface area contributed by atoms with Crippen LogP contribution in [0.4, 0.5) is 16.2 Å². The van der Waals surface area contributed by atoms with Gasteiger partial charge >= 0.3 is 6.16 Å². The topological polar surface area (TPSA) is 103 Å². The third-order valence-corrected chi connectivity index (χ3v) is 4.58. The Morgan fingerprint density at radius 1 is 0.765 bits per heavy atom. The summed E-state index contributed by atoms with van der Waals surface area (Å²) in [6.45, 7) is 4.39. The van der Waals surface area contributed by atoms with E-state index in [9.17, 15) is 14.4 Å². The smallest absolute Gasteiger partial charge is 0.494 e. The first-order valence-electron chi connectivity index (χ1n) is 10.8. The van der Waals surface area contributed by atoms with E-state index in [0.29, 0.717) is 23.5 Å². The van der Waals surface area contributed by atoms with Crippen LogP contribution in [0.2, 0.25) is 0 Å². The summed E-state index contributed by atoms with van der Waals surface area (Å²) < 4.78 is 15.1. The molecule has 0 aliphatic rings. The van der Waals surface area contributed by atoms with Crippen molar-refractivity contribution in [3.8, 4) is 11.5 Å². The summed E-state index contributed by atoms with van der Waals surface area (Å²) in [4.78, 5) is 36.3. The Morgan fingerprint density at radius 3 is 2.06 bits per heavy atom. The molecule has 0 aliphatic heterocycles. The predicted octanol–water partition coefficient (Wildman–Crippen LogP) is 5.05. The molecule has 3 aromatic rings. The zero-order valence-corrected chi connectivity index (χ0v) is 19.0. The maximum Gasteiger partial charge on any atom is 0.513 e. The van der Waals surface area contributed by atoms with E-state index >= 15 is 0 Å². The Hall–Kier alpha value is -4.33. The van der Waals surface area contributed by atoms with Gasteiger partial charge in [-0.15, -0.1) is 0 Å². The maximum atomic E-state index is 12.6. The fourth-order valence-electron chi connectivity index (χ4n) is 3.06. The molecule has 0 fully saturated rings. The highest BCUT2D eigenvalue weighted by Crippen LogP contribution is 2.19. The van der Waals surface area contributed by atoms with Crippen molar-refractivity contribution in [2.24, 2.45) is 0 Å². The lowest BCUT2D eigenvalue weighted by atomic mass is 10.1. The molecule has 0 aliphatic carbocycles. The van der Waals surface area contributed by atoms with E-state index in [-0.39, 0.29) is 30.6 Å². The van der Waals surface area contributed by atoms with Gasteiger partial charge in [-0.05, 0) is 74.0 Å². The first-order valence-corrected chi connectivity index (χ1v) is 10.8. The zero-order valence-electron chi connectivity index (χ0n) is 19.0. The van der Waals surface area contributed by atoms with E-state index < -0.39 is 6.16 Å². The molecule has 0 aromatic heterocycles. The van der Waals surface area contributed by atoms with Crippen LogP contribution < -0.4 is 20.1 Å². The van der Waals surface area contributed by atoms with Crippen LogP contribution in [0.3, 0.4) is 0 Å². The summed E-state index contributed by atoms with van der Waals surface area (Å²) in [5, 5.41) is 5.62. The van der Waals surface area contributed by atoms with Crippen molar-refractivity contribution in [3.63, 3.8) is 0 Å². The zero-order chi connectivity index (χ0) is 24.3. The number of rotatable bonds is 9. The number of amides is 2. The summed E-state index contributed by atoms with van der Waals surface area (Å²) in [6, 6.07) is 20.3. The SMILES string of the molecule is CCOC(=O)Oc1ccc(C(=O)Nc2cccc(NC(=O)Cc3ccc(OCC)cc3)c2)cc1. The molecule has 0 spiro atoms. The van der Waals surface area contributed by atoms with Gasteiger partial charge < -0.3 is 24.8 Å². The van der Waals surface area contributed by atoms with Crippen LogP contribution in [0.15, 0.2) is 72.8 Å². The highest BCUT2D eigenvalue weighted by molar-refractivity contribution is 6.04. The van der Waals surface area contributed by atoms with E-state index in [1.54, 1.807) is 31.2 Å². The lowest BCUT2D eigenvalue weighted by Crippen LogP contribution is -2.15. The van der Waals surface area contributed by atoms with Crippen molar-refractivity contribution in [1.82, 2.24) is 0 Å². The van der Waals surface area contributed by atoms with Crippen LogP contribution in [0.25, 0.3) is 0 Å². The fourth-order valence-corrected chi connectivity index (χ4v) is 3.06. The highest BCUT2D eigenvalue weighted by Gasteiger charge is 2.10. The summed E-state index contributed by atoms with van der Waals surface area (Å²) in [7, 11) is 0. The van der Waals surface area contributed by atoms with Gasteiger partial charge in [0, 0.05) is 16.9 Å². The normalized spacial score (nSPS) is 10.2.